The second kappa shape index (κ2) is 8.85. The van der Waals surface area contributed by atoms with Gasteiger partial charge < -0.3 is 19.1 Å². The van der Waals surface area contributed by atoms with E-state index < -0.39 is 6.04 Å². The Balaban J connectivity index is 1.45. The van der Waals surface area contributed by atoms with Crippen LogP contribution >= 0.6 is 0 Å². The van der Waals surface area contributed by atoms with Crippen molar-refractivity contribution >= 4 is 33.4 Å². The molecule has 0 N–H and O–H groups in total. The number of benzene rings is 2. The quantitative estimate of drug-likeness (QED) is 0.458. The molecule has 34 heavy (non-hydrogen) atoms. The van der Waals surface area contributed by atoms with Gasteiger partial charge in [-0.05, 0) is 36.8 Å². The number of amides is 1. The van der Waals surface area contributed by atoms with Crippen LogP contribution in [0.2, 0.25) is 0 Å². The number of para-hydroxylation sites is 1. The highest BCUT2D eigenvalue weighted by Gasteiger charge is 2.30. The molecule has 4 aromatic rings. The third kappa shape index (κ3) is 3.59. The van der Waals surface area contributed by atoms with E-state index in [1.165, 1.54) is 4.68 Å². The van der Waals surface area contributed by atoms with E-state index in [2.05, 4.69) is 10.00 Å². The summed E-state index contributed by atoms with van der Waals surface area (Å²) >= 11 is 0. The third-order valence-corrected chi connectivity index (χ3v) is 6.82. The van der Waals surface area contributed by atoms with Gasteiger partial charge in [0.25, 0.3) is 5.56 Å². The van der Waals surface area contributed by atoms with Crippen LogP contribution in [0.5, 0.6) is 5.75 Å². The van der Waals surface area contributed by atoms with Crippen LogP contribution in [0.3, 0.4) is 0 Å². The Labute approximate surface area is 197 Å². The molecule has 1 atom stereocenters. The number of nitrogens with zero attached hydrogens (tertiary/aromatic N) is 5. The standard InChI is InChI=1S/C26H29N5O3/c1-4-22(25(32)30-15-13-29(14-16-30)18-9-11-19(34-3)12-10-18)31-23-8-6-5-7-20(23)21-17-27-28(2)26(33)24(21)31/h5-12,17,22H,4,13-16H2,1-3H3/t22-/m0/s1. The van der Waals surface area contributed by atoms with Crippen LogP contribution in [0.4, 0.5) is 5.69 Å². The lowest BCUT2D eigenvalue weighted by molar-refractivity contribution is -0.135. The predicted molar refractivity (Wildman–Crippen MR) is 134 cm³/mol. The average Bonchev–Trinajstić information content (AvgIpc) is 3.22. The molecule has 0 unspecified atom stereocenters. The smallest absolute Gasteiger partial charge is 0.291 e. The minimum atomic E-state index is -0.454. The summed E-state index contributed by atoms with van der Waals surface area (Å²) in [6.07, 6.45) is 2.32. The first-order chi connectivity index (χ1) is 16.5. The SMILES string of the molecule is CC[C@@H](C(=O)N1CCN(c2ccc(OC)cc2)CC1)n1c2ccccc2c2cnn(C)c(=O)c21. The van der Waals surface area contributed by atoms with Crippen LogP contribution in [0.15, 0.2) is 59.5 Å². The summed E-state index contributed by atoms with van der Waals surface area (Å²) in [5, 5.41) is 5.95. The van der Waals surface area contributed by atoms with Crippen LogP contribution in [0.25, 0.3) is 21.8 Å². The fourth-order valence-corrected chi connectivity index (χ4v) is 4.97. The molecule has 0 radical (unpaired) electrons. The molecule has 2 aromatic carbocycles. The number of piperazine rings is 1. The molecule has 1 saturated heterocycles. The van der Waals surface area contributed by atoms with Crippen molar-refractivity contribution in [2.45, 2.75) is 19.4 Å². The number of carbonyl (C=O) groups is 1. The van der Waals surface area contributed by atoms with Gasteiger partial charge in [-0.2, -0.15) is 5.10 Å². The summed E-state index contributed by atoms with van der Waals surface area (Å²) in [4.78, 5) is 31.1. The molecule has 3 heterocycles. The Bertz CT molecular complexity index is 1400. The van der Waals surface area contributed by atoms with E-state index in [-0.39, 0.29) is 11.5 Å². The molecule has 2 aromatic heterocycles. The molecule has 0 saturated carbocycles. The Morgan fingerprint density at radius 3 is 2.41 bits per heavy atom. The molecule has 176 valence electrons. The van der Waals surface area contributed by atoms with Crippen molar-refractivity contribution < 1.29 is 9.53 Å². The predicted octanol–water partition coefficient (Wildman–Crippen LogP) is 3.20. The first-order valence-corrected chi connectivity index (χ1v) is 11.7. The van der Waals surface area contributed by atoms with E-state index in [0.717, 1.165) is 40.8 Å². The van der Waals surface area contributed by atoms with E-state index in [0.29, 0.717) is 25.0 Å². The van der Waals surface area contributed by atoms with Gasteiger partial charge in [-0.25, -0.2) is 4.68 Å². The molecule has 0 bridgehead atoms. The highest BCUT2D eigenvalue weighted by atomic mass is 16.5. The number of aryl methyl sites for hydroxylation is 1. The summed E-state index contributed by atoms with van der Waals surface area (Å²) < 4.78 is 8.53. The number of hydrogen-bond donors (Lipinski definition) is 0. The van der Waals surface area contributed by atoms with E-state index >= 15 is 0 Å². The minimum absolute atomic E-state index is 0.0541. The molecule has 8 nitrogen and oxygen atoms in total. The van der Waals surface area contributed by atoms with E-state index in [1.54, 1.807) is 20.4 Å². The number of aromatic nitrogens is 3. The van der Waals surface area contributed by atoms with Crippen LogP contribution in [0, 0.1) is 0 Å². The summed E-state index contributed by atoms with van der Waals surface area (Å²) in [7, 11) is 3.30. The Morgan fingerprint density at radius 2 is 1.74 bits per heavy atom. The van der Waals surface area contributed by atoms with Crippen molar-refractivity contribution in [1.82, 2.24) is 19.2 Å². The molecular formula is C26H29N5O3. The zero-order valence-corrected chi connectivity index (χ0v) is 19.8. The zero-order valence-electron chi connectivity index (χ0n) is 19.8. The van der Waals surface area contributed by atoms with Gasteiger partial charge in [0.15, 0.2) is 0 Å². The summed E-state index contributed by atoms with van der Waals surface area (Å²) in [6, 6.07) is 15.4. The monoisotopic (exact) mass is 459 g/mol. The van der Waals surface area contributed by atoms with Gasteiger partial charge in [0, 0.05) is 49.7 Å². The second-order valence-corrected chi connectivity index (χ2v) is 8.66. The first kappa shape index (κ1) is 22.0. The number of rotatable bonds is 5. The lowest BCUT2D eigenvalue weighted by atomic mass is 10.1. The molecule has 0 spiro atoms. The van der Waals surface area contributed by atoms with E-state index in [1.807, 2.05) is 64.9 Å². The highest BCUT2D eigenvalue weighted by molar-refractivity contribution is 6.08. The first-order valence-electron chi connectivity index (χ1n) is 11.7. The van der Waals surface area contributed by atoms with Crippen molar-refractivity contribution in [2.75, 3.05) is 38.2 Å². The lowest BCUT2D eigenvalue weighted by Crippen LogP contribution is -2.50. The third-order valence-electron chi connectivity index (χ3n) is 6.82. The van der Waals surface area contributed by atoms with E-state index in [4.69, 9.17) is 4.74 Å². The maximum Gasteiger partial charge on any atom is 0.291 e. The molecule has 1 aliphatic heterocycles. The van der Waals surface area contributed by atoms with Crippen LogP contribution in [-0.2, 0) is 11.8 Å². The number of ether oxygens (including phenoxy) is 1. The maximum absolute atomic E-state index is 13.8. The van der Waals surface area contributed by atoms with Crippen molar-refractivity contribution in [1.29, 1.82) is 0 Å². The van der Waals surface area contributed by atoms with Gasteiger partial charge in [-0.3, -0.25) is 9.59 Å². The molecule has 1 amide bonds. The number of anilines is 1. The number of carbonyl (C=O) groups excluding carboxylic acids is 1. The van der Waals surface area contributed by atoms with Crippen molar-refractivity contribution in [3.8, 4) is 5.75 Å². The number of methoxy groups -OCH3 is 1. The normalized spacial score (nSPS) is 15.1. The van der Waals surface area contributed by atoms with Gasteiger partial charge >= 0.3 is 0 Å². The number of fused-ring (bicyclic) bond motifs is 3. The lowest BCUT2D eigenvalue weighted by Gasteiger charge is -2.38. The van der Waals surface area contributed by atoms with Crippen molar-refractivity contribution in [3.05, 3.63) is 65.1 Å². The van der Waals surface area contributed by atoms with Crippen LogP contribution < -0.4 is 15.2 Å². The fraction of sp³-hybridized carbons (Fsp3) is 0.346. The van der Waals surface area contributed by atoms with Crippen LogP contribution in [-0.4, -0.2) is 58.4 Å². The highest BCUT2D eigenvalue weighted by Crippen LogP contribution is 2.32. The molecule has 1 fully saturated rings. The summed E-state index contributed by atoms with van der Waals surface area (Å²) in [5.74, 6) is 0.884. The van der Waals surface area contributed by atoms with Gasteiger partial charge in [0.2, 0.25) is 5.91 Å². The molecule has 5 rings (SSSR count). The summed E-state index contributed by atoms with van der Waals surface area (Å²) in [5.41, 5.74) is 2.36. The largest absolute Gasteiger partial charge is 0.497 e. The fourth-order valence-electron chi connectivity index (χ4n) is 4.97. The van der Waals surface area contributed by atoms with Crippen LogP contribution in [0.1, 0.15) is 19.4 Å². The second-order valence-electron chi connectivity index (χ2n) is 8.66. The minimum Gasteiger partial charge on any atom is -0.497 e. The van der Waals surface area contributed by atoms with Crippen molar-refractivity contribution in [2.24, 2.45) is 7.05 Å². The van der Waals surface area contributed by atoms with Gasteiger partial charge in [-0.1, -0.05) is 25.1 Å². The molecule has 0 aliphatic carbocycles. The summed E-state index contributed by atoms with van der Waals surface area (Å²) in [6.45, 7) is 4.79. The van der Waals surface area contributed by atoms with Gasteiger partial charge in [0.1, 0.15) is 17.3 Å². The maximum atomic E-state index is 13.8. The van der Waals surface area contributed by atoms with Gasteiger partial charge in [0.05, 0.1) is 18.8 Å². The van der Waals surface area contributed by atoms with Crippen molar-refractivity contribution in [3.63, 3.8) is 0 Å². The molecule has 1 aliphatic rings. The van der Waals surface area contributed by atoms with E-state index in [9.17, 15) is 9.59 Å². The Hall–Kier alpha value is -3.81. The Kier molecular flexibility index (Phi) is 5.73. The zero-order chi connectivity index (χ0) is 23.8. The number of hydrogen-bond acceptors (Lipinski definition) is 5. The topological polar surface area (TPSA) is 72.6 Å². The molecule has 8 heteroatoms. The molecular weight excluding hydrogens is 430 g/mol. The Morgan fingerprint density at radius 1 is 1.03 bits per heavy atom. The van der Waals surface area contributed by atoms with Gasteiger partial charge in [-0.15, -0.1) is 0 Å². The average molecular weight is 460 g/mol.